The minimum atomic E-state index is 0. The first kappa shape index (κ1) is 16.7. The first-order chi connectivity index (χ1) is 8.38. The maximum atomic E-state index is 4.86. The van der Waals surface area contributed by atoms with Crippen molar-refractivity contribution in [1.82, 2.24) is 4.98 Å². The third kappa shape index (κ3) is 3.04. The summed E-state index contributed by atoms with van der Waals surface area (Å²) in [7, 11) is 0. The van der Waals surface area contributed by atoms with E-state index in [1.165, 1.54) is 11.1 Å². The number of benzene rings is 1. The molecular weight excluding hydrogens is 241 g/mol. The Morgan fingerprint density at radius 3 is 2.21 bits per heavy atom. The van der Waals surface area contributed by atoms with E-state index in [0.29, 0.717) is 0 Å². The molecule has 0 fully saturated rings. The molecule has 0 amide bonds. The standard InChI is InChI=1S/C17H23N.Na.H/c1-6-16(2,3)17(4,5)15-12-11-13-9-7-8-10-14(13)18-15;;/h7-12H,6H2,1-5H3;;. The number of pyridine rings is 1. The molecule has 19 heavy (non-hydrogen) atoms. The third-order valence-electron chi connectivity index (χ3n) is 4.81. The number of hydrogen-bond donors (Lipinski definition) is 0. The molecule has 2 heteroatoms. The molecule has 0 aliphatic rings. The first-order valence-corrected chi connectivity index (χ1v) is 6.75. The summed E-state index contributed by atoms with van der Waals surface area (Å²) < 4.78 is 0. The number of hydrogen-bond acceptors (Lipinski definition) is 1. The van der Waals surface area contributed by atoms with Gasteiger partial charge in [-0.3, -0.25) is 4.98 Å². The fourth-order valence-electron chi connectivity index (χ4n) is 2.20. The molecule has 1 heterocycles. The van der Waals surface area contributed by atoms with E-state index in [4.69, 9.17) is 4.98 Å². The van der Waals surface area contributed by atoms with Gasteiger partial charge in [-0.2, -0.15) is 0 Å². The second kappa shape index (κ2) is 5.95. The van der Waals surface area contributed by atoms with Crippen molar-refractivity contribution in [3.8, 4) is 0 Å². The number of nitrogens with zero attached hydrogens (tertiary/aromatic N) is 1. The average molecular weight is 265 g/mol. The molecule has 0 N–H and O–H groups in total. The van der Waals surface area contributed by atoms with Crippen molar-refractivity contribution >= 4 is 40.5 Å². The van der Waals surface area contributed by atoms with E-state index < -0.39 is 0 Å². The SMILES string of the molecule is CCC(C)(C)C(C)(C)c1ccc2ccccc2n1.[NaH]. The molecule has 0 atom stereocenters. The van der Waals surface area contributed by atoms with E-state index >= 15 is 0 Å². The van der Waals surface area contributed by atoms with Crippen LogP contribution >= 0.6 is 0 Å². The molecule has 1 aromatic carbocycles. The molecule has 98 valence electrons. The Hall–Kier alpha value is -0.370. The second-order valence-corrected chi connectivity index (χ2v) is 6.25. The second-order valence-electron chi connectivity index (χ2n) is 6.25. The van der Waals surface area contributed by atoms with Crippen molar-refractivity contribution in [1.29, 1.82) is 0 Å². The molecule has 0 bridgehead atoms. The molecule has 2 aromatic rings. The van der Waals surface area contributed by atoms with Crippen LogP contribution < -0.4 is 0 Å². The number of para-hydroxylation sites is 1. The van der Waals surface area contributed by atoms with Gasteiger partial charge in [-0.1, -0.05) is 65.3 Å². The van der Waals surface area contributed by atoms with Gasteiger partial charge >= 0.3 is 29.6 Å². The van der Waals surface area contributed by atoms with Crippen LogP contribution in [-0.4, -0.2) is 34.5 Å². The molecule has 0 aliphatic heterocycles. The molecular formula is C17H24NNa. The van der Waals surface area contributed by atoms with Gasteiger partial charge < -0.3 is 0 Å². The molecule has 1 nitrogen and oxygen atoms in total. The molecule has 0 radical (unpaired) electrons. The predicted molar refractivity (Wildman–Crippen MR) is 86.0 cm³/mol. The van der Waals surface area contributed by atoms with Crippen LogP contribution in [0.3, 0.4) is 0 Å². The van der Waals surface area contributed by atoms with Gasteiger partial charge in [0.05, 0.1) is 5.52 Å². The fraction of sp³-hybridized carbons (Fsp3) is 0.471. The van der Waals surface area contributed by atoms with Gasteiger partial charge in [-0.25, -0.2) is 0 Å². The van der Waals surface area contributed by atoms with Gasteiger partial charge in [0, 0.05) is 16.5 Å². The molecule has 0 saturated carbocycles. The Morgan fingerprint density at radius 1 is 0.947 bits per heavy atom. The zero-order valence-corrected chi connectivity index (χ0v) is 12.1. The zero-order chi connectivity index (χ0) is 13.4. The van der Waals surface area contributed by atoms with Crippen LogP contribution in [0.15, 0.2) is 36.4 Å². The van der Waals surface area contributed by atoms with Gasteiger partial charge in [0.1, 0.15) is 0 Å². The predicted octanol–water partition coefficient (Wildman–Crippen LogP) is 4.30. The molecule has 1 aromatic heterocycles. The van der Waals surface area contributed by atoms with Crippen LogP contribution in [0.5, 0.6) is 0 Å². The van der Waals surface area contributed by atoms with Crippen molar-refractivity contribution in [2.45, 2.75) is 46.5 Å². The summed E-state index contributed by atoms with van der Waals surface area (Å²) in [5.74, 6) is 0. The Kier molecular flexibility index (Phi) is 5.22. The number of rotatable bonds is 3. The van der Waals surface area contributed by atoms with Gasteiger partial charge in [0.2, 0.25) is 0 Å². The zero-order valence-electron chi connectivity index (χ0n) is 12.1. The molecule has 2 rings (SSSR count). The fourth-order valence-corrected chi connectivity index (χ4v) is 2.20. The van der Waals surface area contributed by atoms with Crippen molar-refractivity contribution in [2.75, 3.05) is 0 Å². The Balaban J connectivity index is 0.00000180. The minimum absolute atomic E-state index is 0. The monoisotopic (exact) mass is 265 g/mol. The summed E-state index contributed by atoms with van der Waals surface area (Å²) in [5, 5.41) is 1.21. The number of fused-ring (bicyclic) bond motifs is 1. The van der Waals surface area contributed by atoms with E-state index in [1.54, 1.807) is 0 Å². The molecule has 0 aliphatic carbocycles. The quantitative estimate of drug-likeness (QED) is 0.754. The van der Waals surface area contributed by atoms with E-state index in [1.807, 2.05) is 0 Å². The Labute approximate surface area is 139 Å². The van der Waals surface area contributed by atoms with E-state index in [2.05, 4.69) is 71.0 Å². The van der Waals surface area contributed by atoms with Crippen LogP contribution in [0.25, 0.3) is 10.9 Å². The van der Waals surface area contributed by atoms with Crippen molar-refractivity contribution in [3.05, 3.63) is 42.1 Å². The molecule has 0 saturated heterocycles. The van der Waals surface area contributed by atoms with Crippen molar-refractivity contribution in [3.63, 3.8) is 0 Å². The van der Waals surface area contributed by atoms with Crippen molar-refractivity contribution < 1.29 is 0 Å². The maximum absolute atomic E-state index is 4.86. The summed E-state index contributed by atoms with van der Waals surface area (Å²) >= 11 is 0. The van der Waals surface area contributed by atoms with Gasteiger partial charge in [0.15, 0.2) is 0 Å². The first-order valence-electron chi connectivity index (χ1n) is 6.75. The summed E-state index contributed by atoms with van der Waals surface area (Å²) in [6.07, 6.45) is 1.15. The normalized spacial score (nSPS) is 12.3. The van der Waals surface area contributed by atoms with E-state index in [-0.39, 0.29) is 40.4 Å². The summed E-state index contributed by atoms with van der Waals surface area (Å²) in [5.41, 5.74) is 2.59. The third-order valence-corrected chi connectivity index (χ3v) is 4.81. The van der Waals surface area contributed by atoms with Crippen LogP contribution in [0, 0.1) is 5.41 Å². The summed E-state index contributed by atoms with van der Waals surface area (Å²) in [6.45, 7) is 11.5. The molecule has 0 unspecified atom stereocenters. The van der Waals surface area contributed by atoms with Gasteiger partial charge in [-0.05, 0) is 17.5 Å². The van der Waals surface area contributed by atoms with Crippen LogP contribution in [-0.2, 0) is 5.41 Å². The average Bonchev–Trinajstić information content (AvgIpc) is 2.37. The van der Waals surface area contributed by atoms with Gasteiger partial charge in [-0.15, -0.1) is 0 Å². The van der Waals surface area contributed by atoms with Crippen LogP contribution in [0.1, 0.15) is 46.7 Å². The van der Waals surface area contributed by atoms with Gasteiger partial charge in [0.25, 0.3) is 0 Å². The van der Waals surface area contributed by atoms with Crippen LogP contribution in [0.4, 0.5) is 0 Å². The topological polar surface area (TPSA) is 12.9 Å². The van der Waals surface area contributed by atoms with Crippen molar-refractivity contribution in [2.24, 2.45) is 5.41 Å². The summed E-state index contributed by atoms with van der Waals surface area (Å²) in [6, 6.07) is 12.7. The van der Waals surface area contributed by atoms with Crippen LogP contribution in [0.2, 0.25) is 0 Å². The Morgan fingerprint density at radius 2 is 1.58 bits per heavy atom. The summed E-state index contributed by atoms with van der Waals surface area (Å²) in [4.78, 5) is 4.86. The van der Waals surface area contributed by atoms with E-state index in [0.717, 1.165) is 11.9 Å². The Bertz CT molecular complexity index is 558. The number of aromatic nitrogens is 1. The van der Waals surface area contributed by atoms with E-state index in [9.17, 15) is 0 Å². The molecule has 0 spiro atoms.